The molecule has 2 aliphatic heterocycles. The van der Waals surface area contributed by atoms with E-state index < -0.39 is 12.0 Å². The first-order valence-corrected chi connectivity index (χ1v) is 11.0. The summed E-state index contributed by atoms with van der Waals surface area (Å²) >= 11 is 0. The Morgan fingerprint density at radius 2 is 1.97 bits per heavy atom. The van der Waals surface area contributed by atoms with Crippen molar-refractivity contribution in [3.8, 4) is 0 Å². The highest BCUT2D eigenvalue weighted by Crippen LogP contribution is 2.41. The second-order valence-electron chi connectivity index (χ2n) is 9.31. The van der Waals surface area contributed by atoms with Crippen molar-refractivity contribution < 1.29 is 13.6 Å². The number of carbonyl (C=O) groups is 1. The van der Waals surface area contributed by atoms with Crippen LogP contribution in [0.3, 0.4) is 0 Å². The Bertz CT molecular complexity index is 960. The van der Waals surface area contributed by atoms with Crippen LogP contribution in [0.15, 0.2) is 18.2 Å². The molecule has 162 valence electrons. The number of rotatable bonds is 4. The summed E-state index contributed by atoms with van der Waals surface area (Å²) in [4.78, 5) is 21.9. The normalized spacial score (nSPS) is 28.5. The van der Waals surface area contributed by atoms with Crippen LogP contribution in [0.4, 0.5) is 19.3 Å². The number of imidazole rings is 1. The zero-order chi connectivity index (χ0) is 21.0. The zero-order valence-corrected chi connectivity index (χ0v) is 17.4. The summed E-state index contributed by atoms with van der Waals surface area (Å²) < 4.78 is 28.6. The molecule has 3 heterocycles. The number of nitrogens with zero attached hydrogens (tertiary/aromatic N) is 4. The molecule has 3 fully saturated rings. The maximum absolute atomic E-state index is 13.5. The number of aryl methyl sites for hydroxylation is 1. The summed E-state index contributed by atoms with van der Waals surface area (Å²) in [6.07, 6.45) is 3.91. The number of amides is 1. The predicted molar refractivity (Wildman–Crippen MR) is 112 cm³/mol. The molecule has 1 aromatic carbocycles. The number of nitrogens with two attached hydrogens (primary N) is 1. The van der Waals surface area contributed by atoms with Crippen LogP contribution >= 0.6 is 0 Å². The molecule has 2 bridgehead atoms. The molecule has 1 aliphatic carbocycles. The van der Waals surface area contributed by atoms with Crippen LogP contribution in [0, 0.1) is 5.92 Å². The Kier molecular flexibility index (Phi) is 4.72. The molecule has 8 heteroatoms. The van der Waals surface area contributed by atoms with Gasteiger partial charge in [0.25, 0.3) is 0 Å². The van der Waals surface area contributed by atoms with Gasteiger partial charge in [0.1, 0.15) is 11.3 Å². The minimum Gasteiger partial charge on any atom is -0.367 e. The van der Waals surface area contributed by atoms with Crippen LogP contribution < -0.4 is 10.6 Å². The lowest BCUT2D eigenvalue weighted by molar-refractivity contribution is 0.00470. The molecule has 2 saturated heterocycles. The van der Waals surface area contributed by atoms with E-state index in [1.165, 1.54) is 17.4 Å². The van der Waals surface area contributed by atoms with Gasteiger partial charge in [0.15, 0.2) is 0 Å². The number of piperazine rings is 1. The zero-order valence-electron chi connectivity index (χ0n) is 17.4. The molecule has 0 radical (unpaired) electrons. The van der Waals surface area contributed by atoms with Crippen LogP contribution in [0.1, 0.15) is 44.3 Å². The lowest BCUT2D eigenvalue weighted by Gasteiger charge is -2.40. The van der Waals surface area contributed by atoms with Crippen molar-refractivity contribution in [3.63, 3.8) is 0 Å². The quantitative estimate of drug-likeness (QED) is 0.825. The summed E-state index contributed by atoms with van der Waals surface area (Å²) in [5, 5.41) is 0. The summed E-state index contributed by atoms with van der Waals surface area (Å²) in [5.41, 5.74) is 8.22. The molecule has 30 heavy (non-hydrogen) atoms. The number of aromatic nitrogens is 2. The molecule has 2 aromatic rings. The minimum absolute atomic E-state index is 0.0335. The first-order valence-electron chi connectivity index (χ1n) is 11.0. The van der Waals surface area contributed by atoms with Crippen molar-refractivity contribution in [2.75, 3.05) is 25.0 Å². The fourth-order valence-corrected chi connectivity index (χ4v) is 5.73. The number of alkyl halides is 2. The highest BCUT2D eigenvalue weighted by atomic mass is 19.3. The summed E-state index contributed by atoms with van der Waals surface area (Å²) in [6, 6.07) is 6.39. The van der Waals surface area contributed by atoms with E-state index in [2.05, 4.69) is 22.9 Å². The topological polar surface area (TPSA) is 67.4 Å². The molecule has 1 saturated carbocycles. The first kappa shape index (κ1) is 19.7. The van der Waals surface area contributed by atoms with Gasteiger partial charge in [-0.05, 0) is 50.8 Å². The van der Waals surface area contributed by atoms with Gasteiger partial charge in [0.2, 0.25) is 5.92 Å². The average Bonchev–Trinajstić information content (AvgIpc) is 3.29. The number of fused-ring (bicyclic) bond motifs is 3. The molecule has 1 aromatic heterocycles. The molecule has 6 nitrogen and oxygen atoms in total. The smallest absolute Gasteiger partial charge is 0.324 e. The Hall–Kier alpha value is -2.22. The van der Waals surface area contributed by atoms with Crippen LogP contribution in [-0.2, 0) is 6.42 Å². The van der Waals surface area contributed by atoms with E-state index in [9.17, 15) is 13.6 Å². The number of para-hydroxylation sites is 1. The second kappa shape index (κ2) is 7.18. The molecule has 0 spiro atoms. The van der Waals surface area contributed by atoms with Crippen molar-refractivity contribution in [2.45, 2.75) is 63.0 Å². The maximum atomic E-state index is 13.5. The van der Waals surface area contributed by atoms with Crippen molar-refractivity contribution in [3.05, 3.63) is 24.0 Å². The van der Waals surface area contributed by atoms with E-state index in [-0.39, 0.29) is 18.8 Å². The molecule has 2 N–H and O–H groups in total. The van der Waals surface area contributed by atoms with Gasteiger partial charge < -0.3 is 10.6 Å². The Morgan fingerprint density at radius 1 is 1.23 bits per heavy atom. The van der Waals surface area contributed by atoms with Gasteiger partial charge in [-0.15, -0.1) is 0 Å². The number of likely N-dealkylation sites (N-methyl/N-ethyl adjacent to an activating group) is 1. The number of anilines is 1. The van der Waals surface area contributed by atoms with Crippen LogP contribution in [0.25, 0.3) is 11.0 Å². The number of hydrogen-bond acceptors (Lipinski definition) is 4. The molecule has 3 atom stereocenters. The van der Waals surface area contributed by atoms with Gasteiger partial charge in [-0.2, -0.15) is 0 Å². The number of primary amides is 1. The van der Waals surface area contributed by atoms with Gasteiger partial charge in [-0.25, -0.2) is 23.1 Å². The third-order valence-electron chi connectivity index (χ3n) is 7.42. The van der Waals surface area contributed by atoms with E-state index in [0.29, 0.717) is 42.7 Å². The van der Waals surface area contributed by atoms with Gasteiger partial charge >= 0.3 is 6.03 Å². The van der Waals surface area contributed by atoms with Gasteiger partial charge in [-0.3, -0.25) is 4.90 Å². The molecule has 5 rings (SSSR count). The Balaban J connectivity index is 1.45. The number of carbonyl (C=O) groups excluding carboxylic acids is 1. The van der Waals surface area contributed by atoms with E-state index in [1.807, 2.05) is 12.1 Å². The average molecular weight is 418 g/mol. The Morgan fingerprint density at radius 3 is 2.60 bits per heavy atom. The largest absolute Gasteiger partial charge is 0.367 e. The lowest BCUT2D eigenvalue weighted by atomic mass is 10.0. The third-order valence-corrected chi connectivity index (χ3v) is 7.42. The standard InChI is InChI=1S/C22H29F2N5O/c1-27-15-6-7-16(27)13-28(12-15)17-3-2-4-18-20(17)26-19(29(18)21(25)30)8-5-14-9-10-22(23,24)11-14/h2-4,14-16H,5-13H2,1H3,(H2,25,30). The fraction of sp³-hybridized carbons (Fsp3) is 0.636. The SMILES string of the molecule is CN1C2CCC1CN(c1cccc3c1nc(CCC1CCC(F)(F)C1)n3C(N)=O)C2. The van der Waals surface area contributed by atoms with Crippen molar-refractivity contribution in [1.29, 1.82) is 0 Å². The maximum Gasteiger partial charge on any atom is 0.324 e. The van der Waals surface area contributed by atoms with Gasteiger partial charge in [0.05, 0.1) is 11.2 Å². The number of halogens is 2. The molecule has 1 amide bonds. The number of hydrogen-bond donors (Lipinski definition) is 1. The fourth-order valence-electron chi connectivity index (χ4n) is 5.73. The van der Waals surface area contributed by atoms with E-state index in [4.69, 9.17) is 10.7 Å². The predicted octanol–water partition coefficient (Wildman–Crippen LogP) is 3.61. The summed E-state index contributed by atoms with van der Waals surface area (Å²) in [7, 11) is 2.20. The second-order valence-corrected chi connectivity index (χ2v) is 9.31. The van der Waals surface area contributed by atoms with E-state index in [1.54, 1.807) is 0 Å². The van der Waals surface area contributed by atoms with Gasteiger partial charge in [-0.1, -0.05) is 6.07 Å². The van der Waals surface area contributed by atoms with E-state index in [0.717, 1.165) is 24.3 Å². The Labute approximate surface area is 175 Å². The monoisotopic (exact) mass is 417 g/mol. The minimum atomic E-state index is -2.55. The van der Waals surface area contributed by atoms with Gasteiger partial charge in [0, 0.05) is 44.4 Å². The summed E-state index contributed by atoms with van der Waals surface area (Å²) in [6.45, 7) is 1.89. The first-order chi connectivity index (χ1) is 14.3. The lowest BCUT2D eigenvalue weighted by Crippen LogP contribution is -2.52. The highest BCUT2D eigenvalue weighted by molar-refractivity contribution is 5.96. The highest BCUT2D eigenvalue weighted by Gasteiger charge is 2.40. The number of benzene rings is 1. The van der Waals surface area contributed by atoms with Crippen LogP contribution in [0.2, 0.25) is 0 Å². The molecular weight excluding hydrogens is 388 g/mol. The molecular formula is C22H29F2N5O. The third kappa shape index (κ3) is 3.35. The molecule has 3 aliphatic rings. The summed E-state index contributed by atoms with van der Waals surface area (Å²) in [5.74, 6) is -2.01. The van der Waals surface area contributed by atoms with Crippen LogP contribution in [0.5, 0.6) is 0 Å². The van der Waals surface area contributed by atoms with Crippen molar-refractivity contribution in [1.82, 2.24) is 14.5 Å². The van der Waals surface area contributed by atoms with E-state index >= 15 is 0 Å². The molecule has 3 unspecified atom stereocenters. The van der Waals surface area contributed by atoms with Crippen LogP contribution in [-0.4, -0.2) is 58.6 Å². The van der Waals surface area contributed by atoms with Crippen molar-refractivity contribution in [2.24, 2.45) is 11.7 Å². The van der Waals surface area contributed by atoms with Crippen molar-refractivity contribution >= 4 is 22.8 Å².